The molecule has 4 nitrogen and oxygen atoms in total. The first-order valence-electron chi connectivity index (χ1n) is 9.11. The molecular formula is C21H22F2N2O2S. The van der Waals surface area contributed by atoms with E-state index in [0.29, 0.717) is 18.7 Å². The van der Waals surface area contributed by atoms with Gasteiger partial charge in [-0.05, 0) is 67.8 Å². The standard InChI is InChI=1S/C21H22F2N2O2S/c1-13-19-11-17(23)4-3-15(19)9-10-25(13)21(27)14(2)28-12-20(26)24-18-7-5-16(22)6-8-18/h3-8,11,13-14H,9-10,12H2,1-2H3,(H,24,26). The Morgan fingerprint density at radius 3 is 2.57 bits per heavy atom. The molecule has 0 bridgehead atoms. The number of hydrogen-bond donors (Lipinski definition) is 1. The van der Waals surface area contributed by atoms with Crippen molar-refractivity contribution in [1.82, 2.24) is 4.90 Å². The highest BCUT2D eigenvalue weighted by atomic mass is 32.2. The van der Waals surface area contributed by atoms with Crippen LogP contribution >= 0.6 is 11.8 Å². The lowest BCUT2D eigenvalue weighted by molar-refractivity contribution is -0.132. The van der Waals surface area contributed by atoms with Crippen LogP contribution in [0.15, 0.2) is 42.5 Å². The van der Waals surface area contributed by atoms with Gasteiger partial charge in [-0.2, -0.15) is 0 Å². The average Bonchev–Trinajstić information content (AvgIpc) is 2.68. The summed E-state index contributed by atoms with van der Waals surface area (Å²) < 4.78 is 26.5. The Labute approximate surface area is 167 Å². The van der Waals surface area contributed by atoms with Gasteiger partial charge >= 0.3 is 0 Å². The van der Waals surface area contributed by atoms with E-state index in [4.69, 9.17) is 0 Å². The van der Waals surface area contributed by atoms with E-state index in [0.717, 1.165) is 11.1 Å². The molecule has 28 heavy (non-hydrogen) atoms. The molecule has 2 atom stereocenters. The number of thioether (sulfide) groups is 1. The molecule has 0 fully saturated rings. The van der Waals surface area contributed by atoms with Crippen LogP contribution in [0.4, 0.5) is 14.5 Å². The van der Waals surface area contributed by atoms with Crippen LogP contribution in [0.1, 0.15) is 31.0 Å². The lowest BCUT2D eigenvalue weighted by Crippen LogP contribution is -2.42. The molecule has 0 spiro atoms. The van der Waals surface area contributed by atoms with Gasteiger partial charge in [0.05, 0.1) is 17.0 Å². The highest BCUT2D eigenvalue weighted by molar-refractivity contribution is 8.01. The number of anilines is 1. The van der Waals surface area contributed by atoms with Crippen molar-refractivity contribution in [3.63, 3.8) is 0 Å². The topological polar surface area (TPSA) is 49.4 Å². The predicted molar refractivity (Wildman–Crippen MR) is 107 cm³/mol. The van der Waals surface area contributed by atoms with Crippen LogP contribution in [-0.4, -0.2) is 34.3 Å². The molecule has 7 heteroatoms. The zero-order valence-electron chi connectivity index (χ0n) is 15.7. The van der Waals surface area contributed by atoms with Crippen molar-refractivity contribution in [2.75, 3.05) is 17.6 Å². The molecule has 3 rings (SSSR count). The summed E-state index contributed by atoms with van der Waals surface area (Å²) >= 11 is 1.24. The summed E-state index contributed by atoms with van der Waals surface area (Å²) in [5.74, 6) is -0.890. The van der Waals surface area contributed by atoms with Crippen LogP contribution in [0, 0.1) is 11.6 Å². The summed E-state index contributed by atoms with van der Waals surface area (Å²) in [5, 5.41) is 2.27. The van der Waals surface area contributed by atoms with Gasteiger partial charge in [0, 0.05) is 12.2 Å². The van der Waals surface area contributed by atoms with Gasteiger partial charge in [-0.15, -0.1) is 11.8 Å². The highest BCUT2D eigenvalue weighted by Gasteiger charge is 2.30. The monoisotopic (exact) mass is 404 g/mol. The molecule has 2 aromatic rings. The Balaban J connectivity index is 1.55. The minimum Gasteiger partial charge on any atom is -0.335 e. The van der Waals surface area contributed by atoms with Gasteiger partial charge in [-0.1, -0.05) is 6.07 Å². The number of carbonyl (C=O) groups excluding carboxylic acids is 2. The molecule has 0 aromatic heterocycles. The van der Waals surface area contributed by atoms with Gasteiger partial charge in [0.25, 0.3) is 0 Å². The third kappa shape index (κ3) is 4.70. The molecule has 1 N–H and O–H groups in total. The van der Waals surface area contributed by atoms with Crippen molar-refractivity contribution in [3.8, 4) is 0 Å². The van der Waals surface area contributed by atoms with Crippen LogP contribution in [-0.2, 0) is 16.0 Å². The van der Waals surface area contributed by atoms with Gasteiger partial charge in [0.2, 0.25) is 11.8 Å². The molecule has 1 heterocycles. The zero-order valence-corrected chi connectivity index (χ0v) is 16.6. The number of amides is 2. The van der Waals surface area contributed by atoms with Crippen LogP contribution in [0.25, 0.3) is 0 Å². The molecule has 1 aliphatic rings. The van der Waals surface area contributed by atoms with E-state index in [-0.39, 0.29) is 35.2 Å². The van der Waals surface area contributed by atoms with Gasteiger partial charge < -0.3 is 10.2 Å². The van der Waals surface area contributed by atoms with Gasteiger partial charge in [0.1, 0.15) is 11.6 Å². The third-order valence-electron chi connectivity index (χ3n) is 4.87. The maximum atomic E-state index is 13.6. The number of nitrogens with one attached hydrogen (secondary N) is 1. The maximum absolute atomic E-state index is 13.6. The van der Waals surface area contributed by atoms with Crippen LogP contribution in [0.5, 0.6) is 0 Å². The largest absolute Gasteiger partial charge is 0.335 e. The summed E-state index contributed by atoms with van der Waals surface area (Å²) in [5.41, 5.74) is 2.41. The number of hydrogen-bond acceptors (Lipinski definition) is 3. The van der Waals surface area contributed by atoms with Crippen molar-refractivity contribution >= 4 is 29.3 Å². The van der Waals surface area contributed by atoms with Crippen LogP contribution in [0.3, 0.4) is 0 Å². The fraction of sp³-hybridized carbons (Fsp3) is 0.333. The number of benzene rings is 2. The normalized spacial score (nSPS) is 17.0. The number of halogens is 2. The minimum atomic E-state index is -0.406. The highest BCUT2D eigenvalue weighted by Crippen LogP contribution is 2.31. The molecule has 0 radical (unpaired) electrons. The molecular weight excluding hydrogens is 382 g/mol. The second-order valence-electron chi connectivity index (χ2n) is 6.81. The zero-order chi connectivity index (χ0) is 20.3. The average molecular weight is 404 g/mol. The first-order chi connectivity index (χ1) is 13.3. The Morgan fingerprint density at radius 1 is 1.18 bits per heavy atom. The van der Waals surface area contributed by atoms with E-state index in [1.165, 1.54) is 48.2 Å². The third-order valence-corrected chi connectivity index (χ3v) is 6.00. The van der Waals surface area contributed by atoms with Crippen molar-refractivity contribution in [3.05, 3.63) is 65.2 Å². The predicted octanol–water partition coefficient (Wildman–Crippen LogP) is 4.17. The van der Waals surface area contributed by atoms with E-state index in [1.807, 2.05) is 6.92 Å². The second kappa shape index (κ2) is 8.73. The number of nitrogens with zero attached hydrogens (tertiary/aromatic N) is 1. The van der Waals surface area contributed by atoms with Crippen molar-refractivity contribution in [1.29, 1.82) is 0 Å². The van der Waals surface area contributed by atoms with E-state index in [1.54, 1.807) is 17.9 Å². The van der Waals surface area contributed by atoms with E-state index in [2.05, 4.69) is 5.32 Å². The Hall–Kier alpha value is -2.41. The number of rotatable bonds is 5. The summed E-state index contributed by atoms with van der Waals surface area (Å²) in [4.78, 5) is 26.7. The molecule has 2 unspecified atom stereocenters. The Kier molecular flexibility index (Phi) is 6.34. The second-order valence-corrected chi connectivity index (χ2v) is 8.14. The number of carbonyl (C=O) groups is 2. The van der Waals surface area contributed by atoms with Gasteiger partial charge in [-0.3, -0.25) is 9.59 Å². The summed E-state index contributed by atoms with van der Waals surface area (Å²) in [6, 6.07) is 10.0. The SMILES string of the molecule is CC(SCC(=O)Nc1ccc(F)cc1)C(=O)N1CCc2ccc(F)cc2C1C. The summed E-state index contributed by atoms with van der Waals surface area (Å²) in [7, 11) is 0. The fourth-order valence-electron chi connectivity index (χ4n) is 3.32. The van der Waals surface area contributed by atoms with Crippen LogP contribution in [0.2, 0.25) is 0 Å². The lowest BCUT2D eigenvalue weighted by atomic mass is 9.93. The Morgan fingerprint density at radius 2 is 1.86 bits per heavy atom. The fourth-order valence-corrected chi connectivity index (χ4v) is 4.07. The van der Waals surface area contributed by atoms with E-state index in [9.17, 15) is 18.4 Å². The van der Waals surface area contributed by atoms with Crippen LogP contribution < -0.4 is 5.32 Å². The summed E-state index contributed by atoms with van der Waals surface area (Å²) in [6.45, 7) is 4.24. The molecule has 2 aromatic carbocycles. The smallest absolute Gasteiger partial charge is 0.235 e. The molecule has 0 saturated carbocycles. The number of fused-ring (bicyclic) bond motifs is 1. The minimum absolute atomic E-state index is 0.0676. The maximum Gasteiger partial charge on any atom is 0.235 e. The molecule has 0 aliphatic carbocycles. The van der Waals surface area contributed by atoms with Crippen molar-refractivity contribution in [2.45, 2.75) is 31.6 Å². The molecule has 148 valence electrons. The first-order valence-corrected chi connectivity index (χ1v) is 10.2. The van der Waals surface area contributed by atoms with Crippen molar-refractivity contribution in [2.24, 2.45) is 0 Å². The van der Waals surface area contributed by atoms with Gasteiger partial charge in [0.15, 0.2) is 0 Å². The van der Waals surface area contributed by atoms with E-state index < -0.39 is 5.25 Å². The quantitative estimate of drug-likeness (QED) is 0.814. The summed E-state index contributed by atoms with van der Waals surface area (Å²) in [6.07, 6.45) is 0.689. The van der Waals surface area contributed by atoms with Crippen molar-refractivity contribution < 1.29 is 18.4 Å². The molecule has 1 aliphatic heterocycles. The molecule has 2 amide bonds. The van der Waals surface area contributed by atoms with E-state index >= 15 is 0 Å². The molecule has 0 saturated heterocycles. The van der Waals surface area contributed by atoms with Gasteiger partial charge in [-0.25, -0.2) is 8.78 Å². The Bertz CT molecular complexity index is 873. The lowest BCUT2D eigenvalue weighted by Gasteiger charge is -2.36. The first kappa shape index (κ1) is 20.3.